The molecule has 0 unspecified atom stereocenters. The molecule has 0 atom stereocenters. The Kier molecular flexibility index (Phi) is 7.66. The maximum absolute atomic E-state index is 14.0. The number of nitrogens with zero attached hydrogens (tertiary/aromatic N) is 2. The first-order valence-corrected chi connectivity index (χ1v) is 9.02. The van der Waals surface area contributed by atoms with Crippen molar-refractivity contribution < 1.29 is 23.6 Å². The Balaban J connectivity index is 1.83. The summed E-state index contributed by atoms with van der Waals surface area (Å²) in [4.78, 5) is 36.0. The van der Waals surface area contributed by atoms with Crippen molar-refractivity contribution in [1.82, 2.24) is 10.2 Å². The summed E-state index contributed by atoms with van der Waals surface area (Å²) in [7, 11) is 0. The number of likely N-dealkylation sites (tertiary alicyclic amines) is 1. The van der Waals surface area contributed by atoms with Gasteiger partial charge >= 0.3 is 0 Å². The molecule has 0 bridgehead atoms. The van der Waals surface area contributed by atoms with E-state index >= 15 is 0 Å². The van der Waals surface area contributed by atoms with Gasteiger partial charge in [-0.2, -0.15) is 0 Å². The molecule has 9 heteroatoms. The van der Waals surface area contributed by atoms with Crippen LogP contribution in [0.1, 0.15) is 36.5 Å². The molecule has 0 aromatic heterocycles. The second-order valence-corrected chi connectivity index (χ2v) is 6.33. The highest BCUT2D eigenvalue weighted by atomic mass is 19.1. The van der Waals surface area contributed by atoms with E-state index in [0.717, 1.165) is 24.6 Å². The second-order valence-electron chi connectivity index (χ2n) is 6.33. The fraction of sp³-hybridized carbons (Fsp3) is 0.556. The van der Waals surface area contributed by atoms with Gasteiger partial charge < -0.3 is 15.0 Å². The van der Waals surface area contributed by atoms with Crippen LogP contribution in [-0.2, 0) is 9.53 Å². The van der Waals surface area contributed by atoms with Gasteiger partial charge in [-0.05, 0) is 32.3 Å². The van der Waals surface area contributed by atoms with Crippen LogP contribution in [0.3, 0.4) is 0 Å². The molecule has 1 N–H and O–H groups in total. The molecule has 1 aromatic carbocycles. The highest BCUT2D eigenvalue weighted by Gasteiger charge is 2.29. The lowest BCUT2D eigenvalue weighted by Gasteiger charge is -2.31. The van der Waals surface area contributed by atoms with Crippen molar-refractivity contribution in [1.29, 1.82) is 0 Å². The zero-order chi connectivity index (χ0) is 19.8. The smallest absolute Gasteiger partial charge is 0.272 e. The van der Waals surface area contributed by atoms with E-state index in [-0.39, 0.29) is 17.4 Å². The minimum Gasteiger partial charge on any atom is -0.382 e. The normalized spacial score (nSPS) is 14.8. The number of hydrogen-bond acceptors (Lipinski definition) is 5. The zero-order valence-corrected chi connectivity index (χ0v) is 15.3. The van der Waals surface area contributed by atoms with Crippen molar-refractivity contribution in [2.75, 3.05) is 32.8 Å². The lowest BCUT2D eigenvalue weighted by Crippen LogP contribution is -2.43. The first-order chi connectivity index (χ1) is 12.9. The number of nitro groups is 1. The number of carbonyl (C=O) groups is 2. The molecule has 1 fully saturated rings. The third-order valence-electron chi connectivity index (χ3n) is 4.52. The minimum absolute atomic E-state index is 0.0416. The quantitative estimate of drug-likeness (QED) is 0.422. The number of nitrogens with one attached hydrogen (secondary N) is 1. The van der Waals surface area contributed by atoms with E-state index in [2.05, 4.69) is 5.32 Å². The monoisotopic (exact) mass is 381 g/mol. The Hall–Kier alpha value is -2.55. The van der Waals surface area contributed by atoms with Crippen LogP contribution in [0, 0.1) is 21.8 Å². The number of halogens is 1. The molecule has 1 aromatic rings. The summed E-state index contributed by atoms with van der Waals surface area (Å²) in [6.45, 7) is 4.39. The van der Waals surface area contributed by atoms with E-state index in [1.54, 1.807) is 0 Å². The highest BCUT2D eigenvalue weighted by molar-refractivity contribution is 5.95. The summed E-state index contributed by atoms with van der Waals surface area (Å²) >= 11 is 0. The van der Waals surface area contributed by atoms with Gasteiger partial charge in [-0.15, -0.1) is 0 Å². The van der Waals surface area contributed by atoms with Gasteiger partial charge in [0.15, 0.2) is 0 Å². The van der Waals surface area contributed by atoms with E-state index in [1.165, 1.54) is 4.90 Å². The van der Waals surface area contributed by atoms with Gasteiger partial charge in [0, 0.05) is 44.8 Å². The van der Waals surface area contributed by atoms with Gasteiger partial charge in [0.2, 0.25) is 5.91 Å². The molecule has 1 aliphatic heterocycles. The third-order valence-corrected chi connectivity index (χ3v) is 4.52. The molecule has 0 aliphatic carbocycles. The first kappa shape index (κ1) is 20.8. The van der Waals surface area contributed by atoms with E-state index in [9.17, 15) is 24.1 Å². The van der Waals surface area contributed by atoms with Crippen LogP contribution in [0.4, 0.5) is 10.1 Å². The SMILES string of the molecule is CCOCCCNC(=O)C1CCN(C(=O)c2ccc([N+](=O)[O-])cc2F)CC1. The average Bonchev–Trinajstić information content (AvgIpc) is 2.67. The predicted octanol–water partition coefficient (Wildman–Crippen LogP) is 2.13. The summed E-state index contributed by atoms with van der Waals surface area (Å²) in [6.07, 6.45) is 1.74. The Labute approximate surface area is 156 Å². The lowest BCUT2D eigenvalue weighted by molar-refractivity contribution is -0.385. The fourth-order valence-electron chi connectivity index (χ4n) is 2.98. The summed E-state index contributed by atoms with van der Waals surface area (Å²) in [5, 5.41) is 13.5. The van der Waals surface area contributed by atoms with Crippen molar-refractivity contribution in [2.45, 2.75) is 26.2 Å². The summed E-state index contributed by atoms with van der Waals surface area (Å²) < 4.78 is 19.2. The van der Waals surface area contributed by atoms with Crippen molar-refractivity contribution in [3.63, 3.8) is 0 Å². The molecule has 27 heavy (non-hydrogen) atoms. The van der Waals surface area contributed by atoms with Crippen LogP contribution in [-0.4, -0.2) is 54.5 Å². The number of amides is 2. The van der Waals surface area contributed by atoms with Gasteiger partial charge in [0.1, 0.15) is 5.82 Å². The molecule has 8 nitrogen and oxygen atoms in total. The average molecular weight is 381 g/mol. The van der Waals surface area contributed by atoms with Crippen LogP contribution in [0.5, 0.6) is 0 Å². The summed E-state index contributed by atoms with van der Waals surface area (Å²) in [6, 6.07) is 2.99. The number of non-ortho nitro benzene ring substituents is 1. The minimum atomic E-state index is -0.914. The number of ether oxygens (including phenoxy) is 1. The van der Waals surface area contributed by atoms with Crippen LogP contribution in [0.2, 0.25) is 0 Å². The third kappa shape index (κ3) is 5.72. The molecule has 2 rings (SSSR count). The largest absolute Gasteiger partial charge is 0.382 e. The van der Waals surface area contributed by atoms with Gasteiger partial charge in [-0.3, -0.25) is 19.7 Å². The molecule has 0 radical (unpaired) electrons. The lowest BCUT2D eigenvalue weighted by atomic mass is 9.95. The van der Waals surface area contributed by atoms with Crippen molar-refractivity contribution >= 4 is 17.5 Å². The molecule has 1 saturated heterocycles. The predicted molar refractivity (Wildman–Crippen MR) is 95.8 cm³/mol. The zero-order valence-electron chi connectivity index (χ0n) is 15.3. The molecule has 0 spiro atoms. The second kappa shape index (κ2) is 9.96. The highest BCUT2D eigenvalue weighted by Crippen LogP contribution is 2.22. The van der Waals surface area contributed by atoms with E-state index in [0.29, 0.717) is 45.7 Å². The standard InChI is InChI=1S/C18H24FN3O5/c1-2-27-11-3-8-20-17(23)13-6-9-21(10-7-13)18(24)15-5-4-14(22(25)26)12-16(15)19/h4-5,12-13H,2-3,6-11H2,1H3,(H,20,23). The number of nitro benzene ring substituents is 1. The van der Waals surface area contributed by atoms with Crippen molar-refractivity contribution in [2.24, 2.45) is 5.92 Å². The van der Waals surface area contributed by atoms with E-state index in [4.69, 9.17) is 4.74 Å². The van der Waals surface area contributed by atoms with Crippen LogP contribution in [0.25, 0.3) is 0 Å². The molecule has 1 aliphatic rings. The Bertz CT molecular complexity index is 690. The molecule has 148 valence electrons. The van der Waals surface area contributed by atoms with Crippen LogP contribution >= 0.6 is 0 Å². The van der Waals surface area contributed by atoms with Gasteiger partial charge in [-0.1, -0.05) is 0 Å². The van der Waals surface area contributed by atoms with Gasteiger partial charge in [-0.25, -0.2) is 4.39 Å². The number of rotatable bonds is 8. The van der Waals surface area contributed by atoms with Gasteiger partial charge in [0.25, 0.3) is 11.6 Å². The van der Waals surface area contributed by atoms with Crippen molar-refractivity contribution in [3.05, 3.63) is 39.7 Å². The van der Waals surface area contributed by atoms with Crippen LogP contribution < -0.4 is 5.32 Å². The number of benzene rings is 1. The van der Waals surface area contributed by atoms with E-state index in [1.807, 2.05) is 6.92 Å². The molecule has 2 amide bonds. The maximum atomic E-state index is 14.0. The number of piperidine rings is 1. The summed E-state index contributed by atoms with van der Waals surface area (Å²) in [5.74, 6) is -1.65. The Morgan fingerprint density at radius 1 is 1.37 bits per heavy atom. The van der Waals surface area contributed by atoms with E-state index < -0.39 is 22.3 Å². The first-order valence-electron chi connectivity index (χ1n) is 9.02. The Morgan fingerprint density at radius 2 is 2.07 bits per heavy atom. The topological polar surface area (TPSA) is 102 Å². The van der Waals surface area contributed by atoms with Gasteiger partial charge in [0.05, 0.1) is 16.6 Å². The molecule has 1 heterocycles. The number of hydrogen-bond donors (Lipinski definition) is 1. The van der Waals surface area contributed by atoms with Crippen LogP contribution in [0.15, 0.2) is 18.2 Å². The molecule has 0 saturated carbocycles. The Morgan fingerprint density at radius 3 is 2.67 bits per heavy atom. The number of carbonyl (C=O) groups excluding carboxylic acids is 2. The fourth-order valence-corrected chi connectivity index (χ4v) is 2.98. The maximum Gasteiger partial charge on any atom is 0.272 e. The molecular weight excluding hydrogens is 357 g/mol. The molecular formula is C18H24FN3O5. The van der Waals surface area contributed by atoms with Crippen molar-refractivity contribution in [3.8, 4) is 0 Å². The summed E-state index contributed by atoms with van der Waals surface area (Å²) in [5.41, 5.74) is -0.594.